The molecule has 1 N–H and O–H groups in total. The topological polar surface area (TPSA) is 77.9 Å². The molecular formula is C18H22N2O4. The zero-order valence-electron chi connectivity index (χ0n) is 13.9. The van der Waals surface area contributed by atoms with Crippen LogP contribution in [0.15, 0.2) is 30.3 Å². The van der Waals surface area contributed by atoms with E-state index in [0.29, 0.717) is 6.42 Å². The molecule has 1 fully saturated rings. The number of hydrogen-bond donors (Lipinski definition) is 1. The van der Waals surface area contributed by atoms with Gasteiger partial charge in [-0.05, 0) is 30.2 Å². The Hall–Kier alpha value is -2.63. The molecule has 1 atom stereocenters. The first-order chi connectivity index (χ1) is 11.4. The van der Waals surface area contributed by atoms with E-state index in [-0.39, 0.29) is 18.4 Å². The number of hydrogen-bond acceptors (Lipinski definition) is 3. The molecule has 1 unspecified atom stereocenters. The molecular weight excluding hydrogens is 308 g/mol. The van der Waals surface area contributed by atoms with Crippen molar-refractivity contribution in [1.29, 1.82) is 0 Å². The summed E-state index contributed by atoms with van der Waals surface area (Å²) in [6.45, 7) is 2.47. The Morgan fingerprint density at radius 1 is 1.33 bits per heavy atom. The van der Waals surface area contributed by atoms with E-state index in [4.69, 9.17) is 5.11 Å². The van der Waals surface area contributed by atoms with Crippen molar-refractivity contribution in [3.8, 4) is 0 Å². The number of rotatable bonds is 6. The lowest BCUT2D eigenvalue weighted by molar-refractivity contribution is -0.142. The fourth-order valence-corrected chi connectivity index (χ4v) is 2.56. The van der Waals surface area contributed by atoms with Crippen LogP contribution < -0.4 is 4.90 Å². The van der Waals surface area contributed by atoms with Crippen molar-refractivity contribution in [2.75, 3.05) is 25.0 Å². The Morgan fingerprint density at radius 3 is 2.54 bits per heavy atom. The van der Waals surface area contributed by atoms with E-state index in [1.165, 1.54) is 11.0 Å². The molecule has 2 rings (SSSR count). The molecule has 6 heteroatoms. The molecule has 128 valence electrons. The van der Waals surface area contributed by atoms with E-state index >= 15 is 0 Å². The molecule has 1 aliphatic rings. The Kier molecular flexibility index (Phi) is 5.73. The standard InChI is InChI=1S/C18H22N2O4/c1-13(18(23)24)12-19(2)16(21)10-7-14-5-8-15(9-6-14)20-11-3-4-17(20)22/h5-10,13H,3-4,11-12H2,1-2H3,(H,23,24). The first-order valence-electron chi connectivity index (χ1n) is 7.95. The second-order valence-electron chi connectivity index (χ2n) is 6.03. The van der Waals surface area contributed by atoms with Crippen molar-refractivity contribution >= 4 is 29.5 Å². The van der Waals surface area contributed by atoms with Crippen molar-refractivity contribution < 1.29 is 19.5 Å². The van der Waals surface area contributed by atoms with Gasteiger partial charge in [0.1, 0.15) is 0 Å². The predicted molar refractivity (Wildman–Crippen MR) is 91.5 cm³/mol. The van der Waals surface area contributed by atoms with Gasteiger partial charge in [-0.2, -0.15) is 0 Å². The molecule has 0 aliphatic carbocycles. The third-order valence-corrected chi connectivity index (χ3v) is 4.04. The maximum atomic E-state index is 12.0. The van der Waals surface area contributed by atoms with Gasteiger partial charge in [0.15, 0.2) is 0 Å². The van der Waals surface area contributed by atoms with Gasteiger partial charge < -0.3 is 14.9 Å². The molecule has 1 aromatic rings. The largest absolute Gasteiger partial charge is 0.481 e. The predicted octanol–water partition coefficient (Wildman–Crippen LogP) is 2.01. The number of amides is 2. The van der Waals surface area contributed by atoms with E-state index in [9.17, 15) is 14.4 Å². The van der Waals surface area contributed by atoms with Crippen LogP contribution in [0.4, 0.5) is 5.69 Å². The Balaban J connectivity index is 1.95. The van der Waals surface area contributed by atoms with Crippen molar-refractivity contribution in [1.82, 2.24) is 4.90 Å². The number of benzene rings is 1. The lowest BCUT2D eigenvalue weighted by Gasteiger charge is -2.17. The van der Waals surface area contributed by atoms with Gasteiger partial charge in [-0.25, -0.2) is 0 Å². The summed E-state index contributed by atoms with van der Waals surface area (Å²) in [5.41, 5.74) is 1.71. The average Bonchev–Trinajstić information content (AvgIpc) is 2.98. The van der Waals surface area contributed by atoms with Crippen LogP contribution in [-0.4, -0.2) is 47.9 Å². The summed E-state index contributed by atoms with van der Waals surface area (Å²) in [5.74, 6) is -1.64. The van der Waals surface area contributed by atoms with E-state index in [2.05, 4.69) is 0 Å². The Labute approximate surface area is 141 Å². The fourth-order valence-electron chi connectivity index (χ4n) is 2.56. The fraction of sp³-hybridized carbons (Fsp3) is 0.389. The molecule has 0 spiro atoms. The summed E-state index contributed by atoms with van der Waals surface area (Å²) in [5, 5.41) is 8.87. The highest BCUT2D eigenvalue weighted by molar-refractivity contribution is 5.95. The van der Waals surface area contributed by atoms with Crippen molar-refractivity contribution in [3.63, 3.8) is 0 Å². The van der Waals surface area contributed by atoms with Crippen LogP contribution in [-0.2, 0) is 14.4 Å². The molecule has 1 saturated heterocycles. The van der Waals surface area contributed by atoms with Gasteiger partial charge in [0, 0.05) is 38.3 Å². The summed E-state index contributed by atoms with van der Waals surface area (Å²) in [6, 6.07) is 7.43. The Bertz CT molecular complexity index is 651. The number of anilines is 1. The molecule has 1 aliphatic heterocycles. The molecule has 1 aromatic carbocycles. The maximum absolute atomic E-state index is 12.0. The van der Waals surface area contributed by atoms with Crippen LogP contribution >= 0.6 is 0 Å². The van der Waals surface area contributed by atoms with Crippen molar-refractivity contribution in [3.05, 3.63) is 35.9 Å². The second kappa shape index (κ2) is 7.77. The van der Waals surface area contributed by atoms with Crippen LogP contribution in [0.1, 0.15) is 25.3 Å². The van der Waals surface area contributed by atoms with Crippen LogP contribution in [0.5, 0.6) is 0 Å². The number of carbonyl (C=O) groups is 3. The normalized spacial score (nSPS) is 15.8. The monoisotopic (exact) mass is 330 g/mol. The number of aliphatic carboxylic acids is 1. The van der Waals surface area contributed by atoms with Crippen LogP contribution in [0, 0.1) is 5.92 Å². The summed E-state index contributed by atoms with van der Waals surface area (Å²) >= 11 is 0. The highest BCUT2D eigenvalue weighted by Gasteiger charge is 2.21. The van der Waals surface area contributed by atoms with E-state index < -0.39 is 11.9 Å². The molecule has 24 heavy (non-hydrogen) atoms. The third kappa shape index (κ3) is 4.44. The summed E-state index contributed by atoms with van der Waals surface area (Å²) in [4.78, 5) is 37.7. The van der Waals surface area contributed by atoms with E-state index in [1.54, 1.807) is 24.9 Å². The van der Waals surface area contributed by atoms with Crippen molar-refractivity contribution in [2.24, 2.45) is 5.92 Å². The highest BCUT2D eigenvalue weighted by Crippen LogP contribution is 2.21. The first kappa shape index (κ1) is 17.7. The molecule has 2 amide bonds. The summed E-state index contributed by atoms with van der Waals surface area (Å²) in [6.07, 6.45) is 4.58. The van der Waals surface area contributed by atoms with Gasteiger partial charge in [0.25, 0.3) is 0 Å². The zero-order valence-corrected chi connectivity index (χ0v) is 13.9. The quantitative estimate of drug-likeness (QED) is 0.809. The van der Waals surface area contributed by atoms with Crippen LogP contribution in [0.2, 0.25) is 0 Å². The minimum atomic E-state index is -0.925. The van der Waals surface area contributed by atoms with Gasteiger partial charge in [-0.1, -0.05) is 19.1 Å². The molecule has 1 heterocycles. The van der Waals surface area contributed by atoms with Crippen LogP contribution in [0.3, 0.4) is 0 Å². The van der Waals surface area contributed by atoms with Gasteiger partial charge in [0.2, 0.25) is 11.8 Å². The number of carboxylic acids is 1. The van der Waals surface area contributed by atoms with E-state index in [0.717, 1.165) is 24.2 Å². The minimum absolute atomic E-state index is 0.141. The van der Waals surface area contributed by atoms with Gasteiger partial charge in [0.05, 0.1) is 5.92 Å². The number of likely N-dealkylation sites (N-methyl/N-ethyl adjacent to an activating group) is 1. The van der Waals surface area contributed by atoms with E-state index in [1.807, 2.05) is 24.3 Å². The van der Waals surface area contributed by atoms with Gasteiger partial charge >= 0.3 is 5.97 Å². The molecule has 0 aromatic heterocycles. The number of nitrogens with zero attached hydrogens (tertiary/aromatic N) is 2. The summed E-state index contributed by atoms with van der Waals surface area (Å²) in [7, 11) is 1.58. The van der Waals surface area contributed by atoms with Gasteiger partial charge in [-0.3, -0.25) is 14.4 Å². The van der Waals surface area contributed by atoms with Gasteiger partial charge in [-0.15, -0.1) is 0 Å². The van der Waals surface area contributed by atoms with Crippen LogP contribution in [0.25, 0.3) is 6.08 Å². The molecule has 6 nitrogen and oxygen atoms in total. The number of carboxylic acid groups (broad SMARTS) is 1. The number of carbonyl (C=O) groups excluding carboxylic acids is 2. The average molecular weight is 330 g/mol. The minimum Gasteiger partial charge on any atom is -0.481 e. The second-order valence-corrected chi connectivity index (χ2v) is 6.03. The lowest BCUT2D eigenvalue weighted by atomic mass is 10.1. The maximum Gasteiger partial charge on any atom is 0.308 e. The summed E-state index contributed by atoms with van der Waals surface area (Å²) < 4.78 is 0. The SMILES string of the molecule is CC(CN(C)C(=O)C=Cc1ccc(N2CCCC2=O)cc1)C(=O)O. The molecule has 0 radical (unpaired) electrons. The lowest BCUT2D eigenvalue weighted by Crippen LogP contribution is -2.32. The zero-order chi connectivity index (χ0) is 17.7. The molecule has 0 bridgehead atoms. The van der Waals surface area contributed by atoms with Crippen molar-refractivity contribution in [2.45, 2.75) is 19.8 Å². The molecule has 0 saturated carbocycles. The first-order valence-corrected chi connectivity index (χ1v) is 7.95. The third-order valence-electron chi connectivity index (χ3n) is 4.04. The smallest absolute Gasteiger partial charge is 0.308 e. The Morgan fingerprint density at radius 2 is 2.00 bits per heavy atom. The highest BCUT2D eigenvalue weighted by atomic mass is 16.4.